The largest absolute Gasteiger partial charge is 0.487 e. The molecule has 0 aliphatic carbocycles. The van der Waals surface area contributed by atoms with Crippen molar-refractivity contribution in [2.24, 2.45) is 0 Å². The Morgan fingerprint density at radius 1 is 1.48 bits per heavy atom. The van der Waals surface area contributed by atoms with Crippen molar-refractivity contribution in [2.45, 2.75) is 6.92 Å². The molecule has 1 heterocycles. The van der Waals surface area contributed by atoms with Crippen LogP contribution in [0.15, 0.2) is 24.5 Å². The third-order valence-corrected chi connectivity index (χ3v) is 2.56. The van der Waals surface area contributed by atoms with Gasteiger partial charge in [0, 0.05) is 12.1 Å². The van der Waals surface area contributed by atoms with Gasteiger partial charge in [-0.2, -0.15) is 0 Å². The van der Waals surface area contributed by atoms with E-state index in [0.29, 0.717) is 5.69 Å². The molecule has 0 amide bonds. The van der Waals surface area contributed by atoms with E-state index < -0.39 is 10.9 Å². The summed E-state index contributed by atoms with van der Waals surface area (Å²) in [5.74, 6) is -0.648. The molecule has 2 rings (SSSR count). The van der Waals surface area contributed by atoms with Crippen LogP contribution in [0.3, 0.4) is 0 Å². The van der Waals surface area contributed by atoms with Crippen molar-refractivity contribution in [2.75, 3.05) is 13.7 Å². The summed E-state index contributed by atoms with van der Waals surface area (Å²) in [5, 5.41) is 14.8. The monoisotopic (exact) mass is 292 g/mol. The van der Waals surface area contributed by atoms with Gasteiger partial charge in [-0.15, -0.1) is 5.10 Å². The molecule has 0 unspecified atom stereocenters. The molecular weight excluding hydrogens is 280 g/mol. The van der Waals surface area contributed by atoms with Crippen LogP contribution in [0.5, 0.6) is 5.75 Å². The Labute approximate surface area is 119 Å². The molecule has 0 aliphatic heterocycles. The molecule has 9 nitrogen and oxygen atoms in total. The van der Waals surface area contributed by atoms with Crippen molar-refractivity contribution in [3.05, 3.63) is 40.5 Å². The van der Waals surface area contributed by atoms with Gasteiger partial charge in [0.15, 0.2) is 5.75 Å². The zero-order valence-electron chi connectivity index (χ0n) is 11.3. The number of hydrogen-bond acceptors (Lipinski definition) is 7. The molecule has 110 valence electrons. The molecule has 0 aliphatic rings. The summed E-state index contributed by atoms with van der Waals surface area (Å²) < 4.78 is 11.1. The molecule has 0 N–H and O–H groups in total. The lowest BCUT2D eigenvalue weighted by Crippen LogP contribution is -2.05. The van der Waals surface area contributed by atoms with Crippen LogP contribution in [-0.2, 0) is 4.74 Å². The van der Waals surface area contributed by atoms with Crippen molar-refractivity contribution >= 4 is 11.7 Å². The number of nitrogens with zero attached hydrogens (tertiary/aromatic N) is 4. The Hall–Kier alpha value is -2.97. The van der Waals surface area contributed by atoms with E-state index in [1.807, 2.05) is 0 Å². The van der Waals surface area contributed by atoms with Crippen LogP contribution in [-0.4, -0.2) is 39.4 Å². The average Bonchev–Trinajstić information content (AvgIpc) is 2.96. The van der Waals surface area contributed by atoms with Gasteiger partial charge in [-0.1, -0.05) is 0 Å². The predicted molar refractivity (Wildman–Crippen MR) is 70.5 cm³/mol. The van der Waals surface area contributed by atoms with Crippen LogP contribution in [0.25, 0.3) is 5.69 Å². The minimum Gasteiger partial charge on any atom is -0.487 e. The number of nitro groups is 1. The second-order valence-corrected chi connectivity index (χ2v) is 3.85. The zero-order valence-corrected chi connectivity index (χ0v) is 11.3. The summed E-state index contributed by atoms with van der Waals surface area (Å²) in [6.07, 6.45) is 1.31. The molecule has 0 radical (unpaired) electrons. The first-order valence-corrected chi connectivity index (χ1v) is 5.98. The number of carbonyl (C=O) groups excluding carboxylic acids is 1. The van der Waals surface area contributed by atoms with Gasteiger partial charge in [-0.3, -0.25) is 10.1 Å². The Kier molecular flexibility index (Phi) is 4.12. The highest BCUT2D eigenvalue weighted by molar-refractivity contribution is 5.84. The van der Waals surface area contributed by atoms with Gasteiger partial charge in [-0.05, 0) is 13.0 Å². The fourth-order valence-corrected chi connectivity index (χ4v) is 1.64. The first-order chi connectivity index (χ1) is 10.1. The minimum absolute atomic E-state index is 0.103. The number of aromatic nitrogens is 3. The Bertz CT molecular complexity index is 682. The number of nitro benzene ring substituents is 1. The number of methoxy groups -OCH3 is 1. The lowest BCUT2D eigenvalue weighted by Gasteiger charge is -2.06. The third-order valence-electron chi connectivity index (χ3n) is 2.56. The minimum atomic E-state index is -0.666. The molecule has 21 heavy (non-hydrogen) atoms. The number of rotatable bonds is 5. The number of benzene rings is 1. The zero-order chi connectivity index (χ0) is 15.4. The van der Waals surface area contributed by atoms with E-state index in [9.17, 15) is 14.9 Å². The van der Waals surface area contributed by atoms with Gasteiger partial charge >= 0.3 is 11.7 Å². The number of esters is 1. The van der Waals surface area contributed by atoms with Crippen molar-refractivity contribution in [1.29, 1.82) is 0 Å². The van der Waals surface area contributed by atoms with Gasteiger partial charge in [0.05, 0.1) is 24.3 Å². The maximum atomic E-state index is 11.3. The molecule has 0 saturated heterocycles. The highest BCUT2D eigenvalue weighted by Gasteiger charge is 2.17. The molecule has 0 spiro atoms. The number of hydrogen-bond donors (Lipinski definition) is 0. The van der Waals surface area contributed by atoms with Crippen LogP contribution in [0.4, 0.5) is 5.69 Å². The van der Waals surface area contributed by atoms with Gasteiger partial charge in [0.2, 0.25) is 0 Å². The van der Waals surface area contributed by atoms with E-state index in [-0.39, 0.29) is 23.9 Å². The van der Waals surface area contributed by atoms with E-state index >= 15 is 0 Å². The smallest absolute Gasteiger partial charge is 0.377 e. The molecular formula is C12H12N4O5. The Balaban J connectivity index is 2.40. The fourth-order valence-electron chi connectivity index (χ4n) is 1.64. The van der Waals surface area contributed by atoms with Crippen LogP contribution < -0.4 is 4.74 Å². The molecule has 2 aromatic rings. The molecule has 0 saturated carbocycles. The lowest BCUT2D eigenvalue weighted by atomic mass is 10.2. The summed E-state index contributed by atoms with van der Waals surface area (Å²) in [4.78, 5) is 25.5. The molecule has 1 aromatic carbocycles. The van der Waals surface area contributed by atoms with Crippen molar-refractivity contribution in [1.82, 2.24) is 14.8 Å². The van der Waals surface area contributed by atoms with E-state index in [0.717, 1.165) is 0 Å². The van der Waals surface area contributed by atoms with Crippen LogP contribution in [0.2, 0.25) is 0 Å². The molecule has 0 fully saturated rings. The summed E-state index contributed by atoms with van der Waals surface area (Å²) >= 11 is 0. The predicted octanol–water partition coefficient (Wildman–Crippen LogP) is 1.36. The number of carbonyl (C=O) groups is 1. The van der Waals surface area contributed by atoms with Crippen LogP contribution in [0, 0.1) is 10.1 Å². The topological polar surface area (TPSA) is 109 Å². The van der Waals surface area contributed by atoms with Crippen molar-refractivity contribution in [3.8, 4) is 11.4 Å². The van der Waals surface area contributed by atoms with Crippen molar-refractivity contribution < 1.29 is 19.2 Å². The maximum Gasteiger partial charge on any atom is 0.377 e. The number of ether oxygens (including phenoxy) is 2. The Morgan fingerprint density at radius 2 is 2.24 bits per heavy atom. The maximum absolute atomic E-state index is 11.3. The second-order valence-electron chi connectivity index (χ2n) is 3.85. The second kappa shape index (κ2) is 5.99. The third kappa shape index (κ3) is 2.96. The first kappa shape index (κ1) is 14.4. The lowest BCUT2D eigenvalue weighted by molar-refractivity contribution is -0.385. The van der Waals surface area contributed by atoms with Crippen LogP contribution in [0.1, 0.15) is 17.5 Å². The standard InChI is InChI=1S/C12H12N4O5/c1-3-21-10-6-8(4-5-9(10)16(18)19)15-7-13-11(14-15)12(17)20-2/h4-7H,3H2,1-2H3. The molecule has 1 aromatic heterocycles. The molecule has 0 bridgehead atoms. The van der Waals surface area contributed by atoms with E-state index in [2.05, 4.69) is 14.8 Å². The van der Waals surface area contributed by atoms with E-state index in [1.165, 1.54) is 36.3 Å². The quantitative estimate of drug-likeness (QED) is 0.465. The summed E-state index contributed by atoms with van der Waals surface area (Å²) in [7, 11) is 1.22. The first-order valence-electron chi connectivity index (χ1n) is 5.98. The normalized spacial score (nSPS) is 10.2. The Morgan fingerprint density at radius 3 is 2.86 bits per heavy atom. The average molecular weight is 292 g/mol. The van der Waals surface area contributed by atoms with Gasteiger partial charge in [0.25, 0.3) is 5.82 Å². The SMILES string of the molecule is CCOc1cc(-n2cnc(C(=O)OC)n2)ccc1[N+](=O)[O-]. The van der Waals surface area contributed by atoms with Gasteiger partial charge < -0.3 is 9.47 Å². The highest BCUT2D eigenvalue weighted by Crippen LogP contribution is 2.29. The summed E-state index contributed by atoms with van der Waals surface area (Å²) in [5.41, 5.74) is 0.334. The molecule has 9 heteroatoms. The van der Waals surface area contributed by atoms with E-state index in [4.69, 9.17) is 4.74 Å². The van der Waals surface area contributed by atoms with Crippen LogP contribution >= 0.6 is 0 Å². The van der Waals surface area contributed by atoms with E-state index in [1.54, 1.807) is 6.92 Å². The van der Waals surface area contributed by atoms with Gasteiger partial charge in [-0.25, -0.2) is 14.5 Å². The molecule has 0 atom stereocenters. The van der Waals surface area contributed by atoms with Crippen molar-refractivity contribution in [3.63, 3.8) is 0 Å². The summed E-state index contributed by atoms with van der Waals surface area (Å²) in [6, 6.07) is 4.24. The highest BCUT2D eigenvalue weighted by atomic mass is 16.6. The van der Waals surface area contributed by atoms with Gasteiger partial charge in [0.1, 0.15) is 6.33 Å². The fraction of sp³-hybridized carbons (Fsp3) is 0.250. The summed E-state index contributed by atoms with van der Waals surface area (Å²) in [6.45, 7) is 2.01.